The highest BCUT2D eigenvalue weighted by Gasteiger charge is 2.78. The van der Waals surface area contributed by atoms with Gasteiger partial charge in [0.1, 0.15) is 35.6 Å². The summed E-state index contributed by atoms with van der Waals surface area (Å²) >= 11 is 0. The van der Waals surface area contributed by atoms with Crippen LogP contribution in [0.15, 0.2) is 71.8 Å². The molecular weight excluding hydrogens is 883 g/mol. The minimum atomic E-state index is -2.35. The average Bonchev–Trinajstić information content (AvgIpc) is 3.28. The van der Waals surface area contributed by atoms with Crippen LogP contribution in [0.4, 0.5) is 4.79 Å². The van der Waals surface area contributed by atoms with Crippen LogP contribution < -0.4 is 10.7 Å². The molecule has 1 amide bonds. The van der Waals surface area contributed by atoms with Gasteiger partial charge >= 0.3 is 24.0 Å². The Hall–Kier alpha value is -4.79. The van der Waals surface area contributed by atoms with Crippen molar-refractivity contribution in [1.82, 2.24) is 15.8 Å². The van der Waals surface area contributed by atoms with Crippen LogP contribution in [0.25, 0.3) is 0 Å². The Morgan fingerprint density at radius 3 is 2.13 bits per heavy atom. The number of hydrogen-bond donors (Lipinski definition) is 6. The van der Waals surface area contributed by atoms with Crippen molar-refractivity contribution in [3.63, 3.8) is 0 Å². The number of aliphatic hydroxyl groups excluding tert-OH is 3. The molecule has 0 radical (unpaired) electrons. The van der Waals surface area contributed by atoms with Crippen molar-refractivity contribution in [2.24, 2.45) is 16.7 Å². The van der Waals surface area contributed by atoms with E-state index in [4.69, 9.17) is 28.4 Å². The van der Waals surface area contributed by atoms with E-state index in [0.29, 0.717) is 5.56 Å². The zero-order chi connectivity index (χ0) is 50.0. The van der Waals surface area contributed by atoms with Crippen LogP contribution in [0, 0.1) is 16.7 Å². The molecule has 2 saturated carbocycles. The lowest BCUT2D eigenvalue weighted by Crippen LogP contribution is -2.81. The molecule has 11 atom stereocenters. The number of carbonyl (C=O) groups excluding carboxylic acids is 5. The van der Waals surface area contributed by atoms with E-state index >= 15 is 0 Å². The minimum Gasteiger partial charge on any atom is -0.456 e. The second-order valence-corrected chi connectivity index (χ2v) is 20.1. The second-order valence-electron chi connectivity index (χ2n) is 20.1. The molecule has 2 heterocycles. The van der Waals surface area contributed by atoms with E-state index < -0.39 is 112 Å². The first kappa shape index (κ1) is 52.6. The van der Waals surface area contributed by atoms with Crippen LogP contribution in [0.1, 0.15) is 104 Å². The largest absolute Gasteiger partial charge is 0.456 e. The number of ketones is 1. The Kier molecular flexibility index (Phi) is 16.0. The van der Waals surface area contributed by atoms with E-state index in [1.54, 1.807) is 83.1 Å². The summed E-state index contributed by atoms with van der Waals surface area (Å²) in [6.07, 6.45) is -10.3. The van der Waals surface area contributed by atoms with Crippen LogP contribution in [-0.2, 0) is 42.8 Å². The van der Waals surface area contributed by atoms with Gasteiger partial charge in [-0.3, -0.25) is 15.0 Å². The number of esters is 3. The summed E-state index contributed by atoms with van der Waals surface area (Å²) in [6.45, 7) is 18.8. The Balaban J connectivity index is 0.000000675. The Bertz CT molecular complexity index is 2180. The van der Waals surface area contributed by atoms with Crippen LogP contribution in [0.3, 0.4) is 0 Å². The molecule has 7 rings (SSSR count). The number of ether oxygens (including phenoxy) is 6. The summed E-state index contributed by atoms with van der Waals surface area (Å²) in [5.74, 6) is -5.36. The predicted octanol–water partition coefficient (Wildman–Crippen LogP) is 3.49. The van der Waals surface area contributed by atoms with Gasteiger partial charge in [-0.05, 0) is 69.9 Å². The standard InChI is InChI=1S/C43H53NO14.C7H16N2O/c1-22-26(55-37(51)32(48)30(24-15-11-9-12-16-24)44-38(52)58-39(3,4)5)20-43(53)35(56-36(50)25-17-13-10-14-18-25)33-41(8,34(49)31(47)29(22)40(43,6)7)27(46)19-28-42(33,21-54-28)57-23(2)45;1-2-3-8-9-4-6-10-7-5-9/h9-18,26-28,30-33,35,46-48,53H,19-21H2,1-8H3,(H,44,52);8H,2-7H2,1H3/t26-,27-,28+,30-,31+,32+,33-,35-,41+,42-,43+;/m0./s1. The number of nitrogens with zero attached hydrogens (tertiary/aromatic N) is 1. The maximum atomic E-state index is 14.9. The molecule has 0 unspecified atom stereocenters. The summed E-state index contributed by atoms with van der Waals surface area (Å²) in [7, 11) is 0. The van der Waals surface area contributed by atoms with E-state index in [-0.39, 0.29) is 29.7 Å². The van der Waals surface area contributed by atoms with E-state index in [1.807, 2.05) is 0 Å². The lowest BCUT2D eigenvalue weighted by molar-refractivity contribution is -0.346. The SMILES string of the molecule is CC(=O)O[C@@]12CO[C@@H]1C[C@H](O)[C@@]1(C)C(=O)[C@H](O)C3=C(C)[C@@H](OC(=O)[C@H](O)[C@@H](NC(=O)OC(C)(C)C)c4ccccc4)C[C@@](O)([C@@H](OC(=O)c4ccccc4)[C@H]21)C3(C)C.CCCNN1CCOCC1. The van der Waals surface area contributed by atoms with Crippen LogP contribution >= 0.6 is 0 Å². The highest BCUT2D eigenvalue weighted by molar-refractivity contribution is 5.94. The van der Waals surface area contributed by atoms with Gasteiger partial charge in [-0.15, -0.1) is 0 Å². The molecule has 18 heteroatoms. The van der Waals surface area contributed by atoms with Crippen LogP contribution in [-0.4, -0.2) is 148 Å². The minimum absolute atomic E-state index is 0.0637. The van der Waals surface area contributed by atoms with E-state index in [0.717, 1.165) is 39.8 Å². The lowest BCUT2D eigenvalue weighted by Gasteiger charge is -2.67. The maximum absolute atomic E-state index is 14.9. The van der Waals surface area contributed by atoms with E-state index in [9.17, 15) is 44.4 Å². The first-order valence-corrected chi connectivity index (χ1v) is 23.3. The molecule has 68 heavy (non-hydrogen) atoms. The van der Waals surface area contributed by atoms with Gasteiger partial charge in [-0.25, -0.2) is 19.4 Å². The highest BCUT2D eigenvalue weighted by atomic mass is 16.6. The number of fused-ring (bicyclic) bond motifs is 5. The van der Waals surface area contributed by atoms with Crippen molar-refractivity contribution in [1.29, 1.82) is 0 Å². The van der Waals surface area contributed by atoms with Crippen molar-refractivity contribution < 1.29 is 72.8 Å². The second kappa shape index (κ2) is 20.7. The molecule has 0 spiro atoms. The summed E-state index contributed by atoms with van der Waals surface area (Å²) in [6, 6.07) is 14.6. The van der Waals surface area contributed by atoms with Gasteiger partial charge in [0.2, 0.25) is 0 Å². The molecule has 2 aromatic rings. The zero-order valence-corrected chi connectivity index (χ0v) is 40.5. The molecule has 6 N–H and O–H groups in total. The number of benzene rings is 2. The summed E-state index contributed by atoms with van der Waals surface area (Å²) in [5.41, 5.74) is -4.81. The van der Waals surface area contributed by atoms with Gasteiger partial charge in [0.25, 0.3) is 0 Å². The maximum Gasteiger partial charge on any atom is 0.408 e. The van der Waals surface area contributed by atoms with Crippen molar-refractivity contribution in [2.45, 2.75) is 141 Å². The lowest BCUT2D eigenvalue weighted by atomic mass is 9.44. The van der Waals surface area contributed by atoms with Crippen molar-refractivity contribution in [3.8, 4) is 0 Å². The third kappa shape index (κ3) is 10.2. The number of rotatable bonds is 11. The summed E-state index contributed by atoms with van der Waals surface area (Å²) < 4.78 is 34.7. The number of morpholine rings is 1. The molecule has 2 aliphatic heterocycles. The van der Waals surface area contributed by atoms with E-state index in [1.165, 1.54) is 32.4 Å². The Morgan fingerprint density at radius 2 is 1.57 bits per heavy atom. The highest BCUT2D eigenvalue weighted by Crippen LogP contribution is 2.64. The normalized spacial score (nSPS) is 31.9. The van der Waals surface area contributed by atoms with Crippen molar-refractivity contribution in [3.05, 3.63) is 82.9 Å². The molecule has 5 aliphatic rings. The van der Waals surface area contributed by atoms with Crippen molar-refractivity contribution >= 4 is 29.8 Å². The fourth-order valence-corrected chi connectivity index (χ4v) is 10.6. The number of amides is 1. The van der Waals surface area contributed by atoms with Gasteiger partial charge < -0.3 is 54.2 Å². The monoisotopic (exact) mass is 951 g/mol. The molecule has 18 nitrogen and oxygen atoms in total. The number of aliphatic hydroxyl groups is 4. The molecule has 374 valence electrons. The van der Waals surface area contributed by atoms with Crippen LogP contribution in [0.5, 0.6) is 0 Å². The zero-order valence-electron chi connectivity index (χ0n) is 40.5. The summed E-state index contributed by atoms with van der Waals surface area (Å²) in [5, 5.41) is 53.8. The topological polar surface area (TPSA) is 249 Å². The van der Waals surface area contributed by atoms with E-state index in [2.05, 4.69) is 22.7 Å². The Labute approximate surface area is 397 Å². The fraction of sp³-hybridized carbons (Fsp3) is 0.620. The third-order valence-electron chi connectivity index (χ3n) is 14.2. The summed E-state index contributed by atoms with van der Waals surface area (Å²) in [4.78, 5) is 68.9. The molecule has 0 aromatic heterocycles. The first-order chi connectivity index (χ1) is 31.9. The molecule has 2 bridgehead atoms. The van der Waals surface area contributed by atoms with Gasteiger partial charge in [-0.2, -0.15) is 0 Å². The molecule has 2 aromatic carbocycles. The first-order valence-electron chi connectivity index (χ1n) is 23.3. The predicted molar refractivity (Wildman–Crippen MR) is 244 cm³/mol. The van der Waals surface area contributed by atoms with Gasteiger partial charge in [0.05, 0.1) is 48.9 Å². The van der Waals surface area contributed by atoms with Gasteiger partial charge in [-0.1, -0.05) is 69.3 Å². The Morgan fingerprint density at radius 1 is 0.956 bits per heavy atom. The quantitative estimate of drug-likeness (QED) is 0.107. The van der Waals surface area contributed by atoms with Gasteiger partial charge in [0, 0.05) is 44.8 Å². The molecular formula is C50H69N3O15. The van der Waals surface area contributed by atoms with Crippen molar-refractivity contribution in [2.75, 3.05) is 39.5 Å². The van der Waals surface area contributed by atoms with Crippen LogP contribution in [0.2, 0.25) is 0 Å². The molecule has 2 saturated heterocycles. The number of Topliss-reactive ketones (excluding diaryl/α,β-unsaturated/α-hetero) is 1. The molecule has 3 aliphatic carbocycles. The smallest absolute Gasteiger partial charge is 0.408 e. The fourth-order valence-electron chi connectivity index (χ4n) is 10.6. The third-order valence-corrected chi connectivity index (χ3v) is 14.2. The average molecular weight is 952 g/mol. The number of nitrogens with one attached hydrogen (secondary N) is 2. The molecule has 4 fully saturated rings. The number of carbonyl (C=O) groups is 5. The number of hydrogen-bond acceptors (Lipinski definition) is 17. The number of hydrazine groups is 1. The van der Waals surface area contributed by atoms with Gasteiger partial charge in [0.15, 0.2) is 17.5 Å². The number of alkyl carbamates (subject to hydrolysis) is 1.